The second-order valence-electron chi connectivity index (χ2n) is 2.77. The van der Waals surface area contributed by atoms with Gasteiger partial charge < -0.3 is 10.8 Å². The Hall–Kier alpha value is -0.580. The summed E-state index contributed by atoms with van der Waals surface area (Å²) in [5.74, 6) is 0.838. The number of pyridine rings is 1. The third-order valence-corrected chi connectivity index (χ3v) is 2.81. The summed E-state index contributed by atoms with van der Waals surface area (Å²) in [6.45, 7) is 0.165. The van der Waals surface area contributed by atoms with E-state index >= 15 is 0 Å². The predicted octanol–water partition coefficient (Wildman–Crippen LogP) is 0.883. The van der Waals surface area contributed by atoms with Crippen LogP contribution in [0.25, 0.3) is 0 Å². The lowest BCUT2D eigenvalue weighted by molar-refractivity contribution is 0.279. The Morgan fingerprint density at radius 2 is 2.15 bits per heavy atom. The van der Waals surface area contributed by atoms with Crippen molar-refractivity contribution in [3.63, 3.8) is 0 Å². The lowest BCUT2D eigenvalue weighted by Crippen LogP contribution is -2.23. The minimum atomic E-state index is 0.0724. The van der Waals surface area contributed by atoms with E-state index in [0.29, 0.717) is 6.42 Å². The largest absolute Gasteiger partial charge is 0.396 e. The van der Waals surface area contributed by atoms with Crippen molar-refractivity contribution in [3.8, 4) is 0 Å². The van der Waals surface area contributed by atoms with Crippen molar-refractivity contribution in [1.29, 1.82) is 0 Å². The van der Waals surface area contributed by atoms with Crippen molar-refractivity contribution in [3.05, 3.63) is 24.5 Å². The zero-order valence-corrected chi connectivity index (χ0v) is 8.20. The van der Waals surface area contributed by atoms with Crippen LogP contribution in [0.1, 0.15) is 6.42 Å². The highest BCUT2D eigenvalue weighted by Gasteiger charge is 2.01. The molecule has 1 aromatic rings. The summed E-state index contributed by atoms with van der Waals surface area (Å²) < 4.78 is 0. The van der Waals surface area contributed by atoms with E-state index in [9.17, 15) is 0 Å². The third-order valence-electron chi connectivity index (χ3n) is 1.61. The molecule has 0 saturated carbocycles. The SMILES string of the molecule is NC(CCO)CSc1ccncc1. The van der Waals surface area contributed by atoms with Gasteiger partial charge in [-0.05, 0) is 18.6 Å². The van der Waals surface area contributed by atoms with Crippen LogP contribution in [0.3, 0.4) is 0 Å². The molecule has 0 aliphatic heterocycles. The number of aliphatic hydroxyl groups is 1. The Bertz CT molecular complexity index is 230. The Morgan fingerprint density at radius 1 is 1.46 bits per heavy atom. The van der Waals surface area contributed by atoms with Gasteiger partial charge in [-0.1, -0.05) is 0 Å². The summed E-state index contributed by atoms with van der Waals surface area (Å²) in [6.07, 6.45) is 4.19. The molecule has 1 atom stereocenters. The average molecular weight is 198 g/mol. The van der Waals surface area contributed by atoms with E-state index in [-0.39, 0.29) is 12.6 Å². The van der Waals surface area contributed by atoms with Crippen molar-refractivity contribution in [2.75, 3.05) is 12.4 Å². The number of hydrogen-bond donors (Lipinski definition) is 2. The van der Waals surface area contributed by atoms with E-state index in [1.807, 2.05) is 12.1 Å². The summed E-state index contributed by atoms with van der Waals surface area (Å²) in [6, 6.07) is 3.98. The number of aliphatic hydroxyl groups excluding tert-OH is 1. The van der Waals surface area contributed by atoms with Crippen LogP contribution in [-0.2, 0) is 0 Å². The second kappa shape index (κ2) is 5.96. The molecule has 0 fully saturated rings. The highest BCUT2D eigenvalue weighted by atomic mass is 32.2. The van der Waals surface area contributed by atoms with Gasteiger partial charge in [0.1, 0.15) is 0 Å². The number of nitrogens with two attached hydrogens (primary N) is 1. The zero-order valence-electron chi connectivity index (χ0n) is 7.39. The van der Waals surface area contributed by atoms with E-state index in [0.717, 1.165) is 5.75 Å². The molecule has 13 heavy (non-hydrogen) atoms. The normalized spacial score (nSPS) is 12.8. The Labute approximate surface area is 82.4 Å². The van der Waals surface area contributed by atoms with Crippen molar-refractivity contribution < 1.29 is 5.11 Å². The molecule has 1 heterocycles. The smallest absolute Gasteiger partial charge is 0.0446 e. The Morgan fingerprint density at radius 3 is 2.77 bits per heavy atom. The molecule has 0 aromatic carbocycles. The van der Waals surface area contributed by atoms with Crippen LogP contribution < -0.4 is 5.73 Å². The lowest BCUT2D eigenvalue weighted by Gasteiger charge is -2.08. The van der Waals surface area contributed by atoms with E-state index in [1.54, 1.807) is 24.2 Å². The van der Waals surface area contributed by atoms with Crippen molar-refractivity contribution in [2.45, 2.75) is 17.4 Å². The monoisotopic (exact) mass is 198 g/mol. The van der Waals surface area contributed by atoms with Gasteiger partial charge in [-0.15, -0.1) is 11.8 Å². The van der Waals surface area contributed by atoms with Gasteiger partial charge in [0.15, 0.2) is 0 Å². The fraction of sp³-hybridized carbons (Fsp3) is 0.444. The van der Waals surface area contributed by atoms with Crippen LogP contribution in [-0.4, -0.2) is 28.5 Å². The lowest BCUT2D eigenvalue weighted by atomic mass is 10.3. The van der Waals surface area contributed by atoms with E-state index < -0.39 is 0 Å². The minimum absolute atomic E-state index is 0.0724. The highest BCUT2D eigenvalue weighted by Crippen LogP contribution is 2.17. The topological polar surface area (TPSA) is 59.1 Å². The maximum absolute atomic E-state index is 8.63. The molecule has 4 heteroatoms. The van der Waals surface area contributed by atoms with Crippen LogP contribution in [0.4, 0.5) is 0 Å². The molecule has 0 saturated heterocycles. The van der Waals surface area contributed by atoms with Gasteiger partial charge in [0.05, 0.1) is 0 Å². The summed E-state index contributed by atoms with van der Waals surface area (Å²) in [4.78, 5) is 5.09. The Kier molecular flexibility index (Phi) is 4.82. The first-order valence-electron chi connectivity index (χ1n) is 4.22. The van der Waals surface area contributed by atoms with Gasteiger partial charge >= 0.3 is 0 Å². The number of aromatic nitrogens is 1. The summed E-state index contributed by atoms with van der Waals surface area (Å²) in [5.41, 5.74) is 5.74. The molecule has 1 rings (SSSR count). The quantitative estimate of drug-likeness (QED) is 0.690. The first kappa shape index (κ1) is 10.5. The van der Waals surface area contributed by atoms with Gasteiger partial charge in [-0.25, -0.2) is 0 Å². The molecule has 0 radical (unpaired) electrons. The predicted molar refractivity (Wildman–Crippen MR) is 54.6 cm³/mol. The van der Waals surface area contributed by atoms with Gasteiger partial charge in [0, 0.05) is 35.7 Å². The first-order chi connectivity index (χ1) is 6.33. The van der Waals surface area contributed by atoms with Crippen molar-refractivity contribution in [2.24, 2.45) is 5.73 Å². The third kappa shape index (κ3) is 4.26. The van der Waals surface area contributed by atoms with Crippen molar-refractivity contribution in [1.82, 2.24) is 4.98 Å². The fourth-order valence-electron chi connectivity index (χ4n) is 0.887. The second-order valence-corrected chi connectivity index (χ2v) is 3.86. The molecule has 3 N–H and O–H groups in total. The van der Waals surface area contributed by atoms with Crippen molar-refractivity contribution >= 4 is 11.8 Å². The number of thioether (sulfide) groups is 1. The van der Waals surface area contributed by atoms with Gasteiger partial charge in [-0.2, -0.15) is 0 Å². The van der Waals surface area contributed by atoms with Gasteiger partial charge in [0.25, 0.3) is 0 Å². The molecule has 72 valence electrons. The number of rotatable bonds is 5. The van der Waals surface area contributed by atoms with E-state index in [4.69, 9.17) is 10.8 Å². The molecule has 0 bridgehead atoms. The molecular weight excluding hydrogens is 184 g/mol. The Balaban J connectivity index is 2.27. The van der Waals surface area contributed by atoms with Gasteiger partial charge in [0.2, 0.25) is 0 Å². The fourth-order valence-corrected chi connectivity index (χ4v) is 1.77. The molecule has 1 aromatic heterocycles. The van der Waals surface area contributed by atoms with Crippen LogP contribution in [0, 0.1) is 0 Å². The number of nitrogens with zero attached hydrogens (tertiary/aromatic N) is 1. The first-order valence-corrected chi connectivity index (χ1v) is 5.20. The molecule has 0 amide bonds. The van der Waals surface area contributed by atoms with E-state index in [1.165, 1.54) is 4.90 Å². The zero-order chi connectivity index (χ0) is 9.52. The standard InChI is InChI=1S/C9H14N2OS/c10-8(3-6-12)7-13-9-1-4-11-5-2-9/h1-2,4-5,8,12H,3,6-7,10H2. The summed E-state index contributed by atoms with van der Waals surface area (Å²) >= 11 is 1.69. The van der Waals surface area contributed by atoms with Crippen LogP contribution in [0.5, 0.6) is 0 Å². The molecule has 1 unspecified atom stereocenters. The molecule has 0 spiro atoms. The maximum Gasteiger partial charge on any atom is 0.0446 e. The van der Waals surface area contributed by atoms with Crippen LogP contribution >= 0.6 is 11.8 Å². The molecular formula is C9H14N2OS. The summed E-state index contributed by atoms with van der Waals surface area (Å²) in [5, 5.41) is 8.63. The van der Waals surface area contributed by atoms with Crippen LogP contribution in [0.2, 0.25) is 0 Å². The number of hydrogen-bond acceptors (Lipinski definition) is 4. The molecule has 0 aliphatic rings. The maximum atomic E-state index is 8.63. The van der Waals surface area contributed by atoms with Gasteiger partial charge in [-0.3, -0.25) is 4.98 Å². The minimum Gasteiger partial charge on any atom is -0.396 e. The van der Waals surface area contributed by atoms with E-state index in [2.05, 4.69) is 4.98 Å². The summed E-state index contributed by atoms with van der Waals surface area (Å²) in [7, 11) is 0. The van der Waals surface area contributed by atoms with Crippen LogP contribution in [0.15, 0.2) is 29.4 Å². The average Bonchev–Trinajstić information content (AvgIpc) is 2.17. The molecule has 3 nitrogen and oxygen atoms in total. The molecule has 0 aliphatic carbocycles. The highest BCUT2D eigenvalue weighted by molar-refractivity contribution is 7.99.